The summed E-state index contributed by atoms with van der Waals surface area (Å²) < 4.78 is 29.6. The minimum Gasteiger partial charge on any atom is -0.464 e. The number of rotatable bonds is 7. The Bertz CT molecular complexity index is 383. The molecule has 1 N–H and O–H groups in total. The van der Waals surface area contributed by atoms with E-state index in [0.717, 1.165) is 24.1 Å². The molecule has 5 heteroatoms. The van der Waals surface area contributed by atoms with Crippen molar-refractivity contribution in [3.63, 3.8) is 0 Å². The van der Waals surface area contributed by atoms with Gasteiger partial charge in [0.2, 0.25) is 0 Å². The highest BCUT2D eigenvalue weighted by Crippen LogP contribution is 2.29. The van der Waals surface area contributed by atoms with E-state index >= 15 is 0 Å². The van der Waals surface area contributed by atoms with Gasteiger partial charge in [0.05, 0.1) is 12.3 Å². The Balaban J connectivity index is 1.65. The molecule has 2 unspecified atom stereocenters. The molecule has 0 amide bonds. The number of alkyl halides is 2. The second-order valence-corrected chi connectivity index (χ2v) is 6.33. The van der Waals surface area contributed by atoms with Gasteiger partial charge >= 0.3 is 0 Å². The van der Waals surface area contributed by atoms with E-state index in [0.29, 0.717) is 24.1 Å². The number of nitrogens with one attached hydrogen (secondary N) is 1. The van der Waals surface area contributed by atoms with Crippen LogP contribution < -0.4 is 5.32 Å². The second-order valence-electron chi connectivity index (χ2n) is 5.35. The van der Waals surface area contributed by atoms with E-state index in [2.05, 4.69) is 12.2 Å². The van der Waals surface area contributed by atoms with Crippen LogP contribution in [0.2, 0.25) is 0 Å². The number of hydrogen-bond acceptors (Lipinski definition) is 3. The van der Waals surface area contributed by atoms with Gasteiger partial charge in [-0.25, -0.2) is 0 Å². The Kier molecular flexibility index (Phi) is 5.70. The number of hydrogen-bond donors (Lipinski definition) is 1. The molecule has 108 valence electrons. The van der Waals surface area contributed by atoms with Crippen LogP contribution in [0.25, 0.3) is 0 Å². The third kappa shape index (κ3) is 5.15. The molecule has 1 fully saturated rings. The number of halogens is 2. The quantitative estimate of drug-likeness (QED) is 0.812. The largest absolute Gasteiger partial charge is 0.464 e. The van der Waals surface area contributed by atoms with Crippen LogP contribution in [-0.2, 0) is 12.3 Å². The molecule has 1 aliphatic rings. The van der Waals surface area contributed by atoms with E-state index in [1.54, 1.807) is 6.07 Å². The zero-order valence-electron chi connectivity index (χ0n) is 11.2. The summed E-state index contributed by atoms with van der Waals surface area (Å²) in [4.78, 5) is 0. The van der Waals surface area contributed by atoms with Gasteiger partial charge in [-0.1, -0.05) is 25.1 Å². The highest BCUT2D eigenvalue weighted by Gasteiger charge is 2.20. The lowest BCUT2D eigenvalue weighted by molar-refractivity contribution is 0.251. The minimum atomic E-state index is -2.34. The molecule has 2 atom stereocenters. The highest BCUT2D eigenvalue weighted by atomic mass is 32.2. The van der Waals surface area contributed by atoms with Gasteiger partial charge in [-0.15, -0.1) is 0 Å². The molecule has 0 bridgehead atoms. The molecule has 0 aliphatic heterocycles. The summed E-state index contributed by atoms with van der Waals surface area (Å²) in [5.41, 5.74) is 0. The maximum atomic E-state index is 12.0. The average Bonchev–Trinajstić information content (AvgIpc) is 2.96. The van der Waals surface area contributed by atoms with Crippen molar-refractivity contribution in [3.8, 4) is 0 Å². The molecular formula is C14H21F2NOS. The van der Waals surface area contributed by atoms with Crippen LogP contribution in [0.3, 0.4) is 0 Å². The Labute approximate surface area is 117 Å². The molecule has 1 saturated carbocycles. The van der Waals surface area contributed by atoms with Crippen molar-refractivity contribution in [2.24, 2.45) is 11.8 Å². The molecule has 0 radical (unpaired) electrons. The third-order valence-corrected chi connectivity index (χ3v) is 4.31. The topological polar surface area (TPSA) is 25.2 Å². The predicted molar refractivity (Wildman–Crippen MR) is 74.2 cm³/mol. The Hall–Kier alpha value is -0.550. The van der Waals surface area contributed by atoms with Gasteiger partial charge < -0.3 is 9.73 Å². The summed E-state index contributed by atoms with van der Waals surface area (Å²) in [6.45, 7) is 4.01. The van der Waals surface area contributed by atoms with E-state index in [9.17, 15) is 8.78 Å². The summed E-state index contributed by atoms with van der Waals surface area (Å²) in [6.07, 6.45) is 3.95. The fourth-order valence-electron chi connectivity index (χ4n) is 2.65. The molecule has 2 rings (SSSR count). The normalized spacial score (nSPS) is 23.4. The standard InChI is InChI=1S/C14H21F2NOS/c1-10-2-3-11(6-10)7-17-8-12-4-5-13(18-12)9-19-14(15)16/h4-5,10-11,14,17H,2-3,6-9H2,1H3. The molecule has 0 spiro atoms. The van der Waals surface area contributed by atoms with Gasteiger partial charge in [0, 0.05) is 0 Å². The average molecular weight is 289 g/mol. The van der Waals surface area contributed by atoms with Crippen molar-refractivity contribution >= 4 is 11.8 Å². The van der Waals surface area contributed by atoms with Crippen LogP contribution in [0.4, 0.5) is 8.78 Å². The lowest BCUT2D eigenvalue weighted by Crippen LogP contribution is -2.20. The maximum absolute atomic E-state index is 12.0. The van der Waals surface area contributed by atoms with Crippen molar-refractivity contribution in [1.82, 2.24) is 5.32 Å². The summed E-state index contributed by atoms with van der Waals surface area (Å²) in [7, 11) is 0. The summed E-state index contributed by atoms with van der Waals surface area (Å²) in [5.74, 6) is 0.980. The third-order valence-electron chi connectivity index (χ3n) is 3.60. The minimum absolute atomic E-state index is 0.234. The second kappa shape index (κ2) is 7.29. The smallest absolute Gasteiger partial charge is 0.284 e. The molecular weight excluding hydrogens is 268 g/mol. The molecule has 0 aromatic carbocycles. The van der Waals surface area contributed by atoms with Crippen LogP contribution in [0.15, 0.2) is 16.5 Å². The van der Waals surface area contributed by atoms with Gasteiger partial charge in [0.25, 0.3) is 5.76 Å². The lowest BCUT2D eigenvalue weighted by Gasteiger charge is -2.09. The van der Waals surface area contributed by atoms with Crippen LogP contribution in [0, 0.1) is 11.8 Å². The summed E-state index contributed by atoms with van der Waals surface area (Å²) in [6, 6.07) is 3.65. The van der Waals surface area contributed by atoms with Gasteiger partial charge in [-0.05, 0) is 43.4 Å². The molecule has 2 nitrogen and oxygen atoms in total. The van der Waals surface area contributed by atoms with Crippen LogP contribution in [-0.4, -0.2) is 12.3 Å². The summed E-state index contributed by atoms with van der Waals surface area (Å²) in [5, 5.41) is 3.39. The first-order valence-electron chi connectivity index (χ1n) is 6.81. The monoisotopic (exact) mass is 289 g/mol. The predicted octanol–water partition coefficient (Wildman–Crippen LogP) is 4.26. The van der Waals surface area contributed by atoms with Crippen molar-refractivity contribution in [2.45, 2.75) is 44.2 Å². The molecule has 0 saturated heterocycles. The number of thioether (sulfide) groups is 1. The van der Waals surface area contributed by atoms with Crippen molar-refractivity contribution in [2.75, 3.05) is 6.54 Å². The molecule has 1 aliphatic carbocycles. The van der Waals surface area contributed by atoms with Crippen molar-refractivity contribution in [3.05, 3.63) is 23.7 Å². The zero-order valence-corrected chi connectivity index (χ0v) is 12.0. The van der Waals surface area contributed by atoms with Gasteiger partial charge in [-0.2, -0.15) is 8.78 Å². The van der Waals surface area contributed by atoms with Crippen molar-refractivity contribution in [1.29, 1.82) is 0 Å². The maximum Gasteiger partial charge on any atom is 0.284 e. The van der Waals surface area contributed by atoms with Gasteiger partial charge in [-0.3, -0.25) is 0 Å². The Morgan fingerprint density at radius 2 is 2.16 bits per heavy atom. The van der Waals surface area contributed by atoms with Crippen LogP contribution in [0.5, 0.6) is 0 Å². The fraction of sp³-hybridized carbons (Fsp3) is 0.714. The van der Waals surface area contributed by atoms with E-state index in [4.69, 9.17) is 4.42 Å². The molecule has 1 heterocycles. The zero-order chi connectivity index (χ0) is 13.7. The fourth-order valence-corrected chi connectivity index (χ4v) is 3.10. The van der Waals surface area contributed by atoms with E-state index < -0.39 is 5.76 Å². The van der Waals surface area contributed by atoms with E-state index in [-0.39, 0.29) is 5.75 Å². The number of furan rings is 1. The first-order chi connectivity index (χ1) is 9.13. The SMILES string of the molecule is CC1CCC(CNCc2ccc(CSC(F)F)o2)C1. The van der Waals surface area contributed by atoms with Crippen molar-refractivity contribution < 1.29 is 13.2 Å². The molecule has 19 heavy (non-hydrogen) atoms. The summed E-state index contributed by atoms with van der Waals surface area (Å²) >= 11 is 0.595. The lowest BCUT2D eigenvalue weighted by atomic mass is 10.1. The van der Waals surface area contributed by atoms with Gasteiger partial charge in [0.1, 0.15) is 11.5 Å². The molecule has 1 aromatic rings. The Morgan fingerprint density at radius 3 is 2.84 bits per heavy atom. The van der Waals surface area contributed by atoms with Crippen LogP contribution in [0.1, 0.15) is 37.7 Å². The first-order valence-corrected chi connectivity index (χ1v) is 7.86. The molecule has 1 aromatic heterocycles. The highest BCUT2D eigenvalue weighted by molar-refractivity contribution is 7.98. The first kappa shape index (κ1) is 14.9. The van der Waals surface area contributed by atoms with Crippen LogP contribution >= 0.6 is 11.8 Å². The van der Waals surface area contributed by atoms with E-state index in [1.807, 2.05) is 6.07 Å². The Morgan fingerprint density at radius 1 is 1.37 bits per heavy atom. The van der Waals surface area contributed by atoms with Gasteiger partial charge in [0.15, 0.2) is 0 Å². The van der Waals surface area contributed by atoms with E-state index in [1.165, 1.54) is 19.3 Å².